The predicted molar refractivity (Wildman–Crippen MR) is 80.0 cm³/mol. The Labute approximate surface area is 121 Å². The number of aliphatic hydroxyl groups excluding tert-OH is 1. The minimum absolute atomic E-state index is 0.370. The molecule has 20 heavy (non-hydrogen) atoms. The van der Waals surface area contributed by atoms with Gasteiger partial charge in [-0.1, -0.05) is 20.3 Å². The van der Waals surface area contributed by atoms with Crippen LogP contribution in [0, 0.1) is 5.82 Å². The number of unbranched alkanes of at least 4 members (excludes halogenated alkanes) is 1. The number of aliphatic hydroxyl groups is 1. The number of pyridine rings is 1. The largest absolute Gasteiger partial charge is 0.387 e. The number of nitrogens with zero attached hydrogens (tertiary/aromatic N) is 2. The van der Waals surface area contributed by atoms with E-state index in [0.717, 1.165) is 25.7 Å². The van der Waals surface area contributed by atoms with Gasteiger partial charge in [0.1, 0.15) is 5.82 Å². The highest BCUT2D eigenvalue weighted by Crippen LogP contribution is 2.16. The summed E-state index contributed by atoms with van der Waals surface area (Å²) in [5.74, 6) is -0.370. The maximum Gasteiger partial charge on any atom is 0.141 e. The zero-order valence-electron chi connectivity index (χ0n) is 12.8. The van der Waals surface area contributed by atoms with E-state index in [0.29, 0.717) is 18.2 Å². The van der Waals surface area contributed by atoms with Crippen LogP contribution in [0.25, 0.3) is 0 Å². The Morgan fingerprint density at radius 1 is 1.30 bits per heavy atom. The Hall–Kier alpha value is -1.00. The van der Waals surface area contributed by atoms with Gasteiger partial charge in [-0.3, -0.25) is 4.98 Å². The molecular formula is C16H27FN2O. The molecule has 4 heteroatoms. The van der Waals surface area contributed by atoms with Crippen molar-refractivity contribution in [1.82, 2.24) is 9.88 Å². The number of rotatable bonds is 9. The third-order valence-corrected chi connectivity index (χ3v) is 3.79. The Balaban J connectivity index is 2.50. The highest BCUT2D eigenvalue weighted by molar-refractivity contribution is 5.07. The van der Waals surface area contributed by atoms with Gasteiger partial charge < -0.3 is 10.0 Å². The highest BCUT2D eigenvalue weighted by atomic mass is 19.1. The summed E-state index contributed by atoms with van der Waals surface area (Å²) in [6.07, 6.45) is 4.62. The maximum absolute atomic E-state index is 12.8. The van der Waals surface area contributed by atoms with E-state index in [1.165, 1.54) is 18.9 Å². The fourth-order valence-corrected chi connectivity index (χ4v) is 2.19. The molecular weight excluding hydrogens is 255 g/mol. The molecule has 1 aromatic heterocycles. The van der Waals surface area contributed by atoms with Gasteiger partial charge in [-0.2, -0.15) is 0 Å². The Kier molecular flexibility index (Phi) is 7.70. The van der Waals surface area contributed by atoms with Gasteiger partial charge in [0, 0.05) is 12.6 Å². The van der Waals surface area contributed by atoms with Gasteiger partial charge in [-0.15, -0.1) is 0 Å². The zero-order valence-corrected chi connectivity index (χ0v) is 12.8. The van der Waals surface area contributed by atoms with E-state index in [9.17, 15) is 9.50 Å². The normalized spacial score (nSPS) is 14.5. The molecule has 0 aliphatic rings. The molecule has 1 N–H and O–H groups in total. The lowest BCUT2D eigenvalue weighted by molar-refractivity contribution is 0.121. The molecule has 0 aromatic carbocycles. The van der Waals surface area contributed by atoms with Crippen molar-refractivity contribution in [2.24, 2.45) is 0 Å². The quantitative estimate of drug-likeness (QED) is 0.752. The Morgan fingerprint density at radius 3 is 2.60 bits per heavy atom. The second kappa shape index (κ2) is 9.03. The summed E-state index contributed by atoms with van der Waals surface area (Å²) < 4.78 is 12.8. The van der Waals surface area contributed by atoms with Crippen LogP contribution < -0.4 is 0 Å². The van der Waals surface area contributed by atoms with Crippen molar-refractivity contribution in [3.8, 4) is 0 Å². The zero-order chi connectivity index (χ0) is 15.0. The third kappa shape index (κ3) is 5.55. The Bertz CT molecular complexity index is 369. The summed E-state index contributed by atoms with van der Waals surface area (Å²) in [6.45, 7) is 8.50. The van der Waals surface area contributed by atoms with Crippen LogP contribution >= 0.6 is 0 Å². The molecule has 0 fully saturated rings. The number of halogens is 1. The maximum atomic E-state index is 12.8. The first-order valence-corrected chi connectivity index (χ1v) is 7.62. The molecule has 0 saturated carbocycles. The van der Waals surface area contributed by atoms with E-state index in [1.54, 1.807) is 6.07 Å². The Morgan fingerprint density at radius 2 is 2.05 bits per heavy atom. The lowest BCUT2D eigenvalue weighted by Gasteiger charge is -2.29. The first-order valence-electron chi connectivity index (χ1n) is 7.62. The lowest BCUT2D eigenvalue weighted by Crippen LogP contribution is -2.35. The molecule has 0 radical (unpaired) electrons. The van der Waals surface area contributed by atoms with Crippen molar-refractivity contribution >= 4 is 0 Å². The second-order valence-electron chi connectivity index (χ2n) is 5.35. The summed E-state index contributed by atoms with van der Waals surface area (Å²) in [5.41, 5.74) is 0.547. The van der Waals surface area contributed by atoms with Crippen LogP contribution in [0.3, 0.4) is 0 Å². The van der Waals surface area contributed by atoms with Gasteiger partial charge in [0.25, 0.3) is 0 Å². The van der Waals surface area contributed by atoms with Crippen LogP contribution in [0.15, 0.2) is 18.3 Å². The summed E-state index contributed by atoms with van der Waals surface area (Å²) in [5, 5.41) is 10.1. The summed E-state index contributed by atoms with van der Waals surface area (Å²) in [4.78, 5) is 6.35. The molecule has 1 aromatic rings. The molecule has 0 aliphatic heterocycles. The predicted octanol–water partition coefficient (Wildman–Crippen LogP) is 3.54. The van der Waals surface area contributed by atoms with Crippen molar-refractivity contribution in [2.75, 3.05) is 13.1 Å². The average Bonchev–Trinajstić information content (AvgIpc) is 2.47. The van der Waals surface area contributed by atoms with E-state index in [-0.39, 0.29) is 5.82 Å². The van der Waals surface area contributed by atoms with Crippen LogP contribution in [0.4, 0.5) is 4.39 Å². The second-order valence-corrected chi connectivity index (χ2v) is 5.35. The molecule has 0 saturated heterocycles. The molecule has 114 valence electrons. The van der Waals surface area contributed by atoms with E-state index in [1.807, 2.05) is 0 Å². The number of hydrogen-bond acceptors (Lipinski definition) is 3. The van der Waals surface area contributed by atoms with Crippen molar-refractivity contribution in [1.29, 1.82) is 0 Å². The smallest absolute Gasteiger partial charge is 0.141 e. The van der Waals surface area contributed by atoms with Crippen LogP contribution in [-0.2, 0) is 0 Å². The first kappa shape index (κ1) is 17.1. The molecule has 0 amide bonds. The van der Waals surface area contributed by atoms with Gasteiger partial charge >= 0.3 is 0 Å². The molecule has 1 rings (SSSR count). The molecule has 0 aliphatic carbocycles. The van der Waals surface area contributed by atoms with E-state index in [4.69, 9.17) is 0 Å². The SMILES string of the molecule is CCCCN(CCC(O)c1ccc(F)cn1)C(C)CC. The van der Waals surface area contributed by atoms with E-state index < -0.39 is 6.10 Å². The van der Waals surface area contributed by atoms with Gasteiger partial charge in [0.05, 0.1) is 18.0 Å². The van der Waals surface area contributed by atoms with Gasteiger partial charge in [-0.05, 0) is 44.9 Å². The lowest BCUT2D eigenvalue weighted by atomic mass is 10.1. The van der Waals surface area contributed by atoms with Crippen molar-refractivity contribution < 1.29 is 9.50 Å². The fraction of sp³-hybridized carbons (Fsp3) is 0.688. The summed E-state index contributed by atoms with van der Waals surface area (Å²) >= 11 is 0. The standard InChI is InChI=1S/C16H27FN2O/c1-4-6-10-19(13(3)5-2)11-9-16(20)15-8-7-14(17)12-18-15/h7-8,12-13,16,20H,4-6,9-11H2,1-3H3. The molecule has 0 spiro atoms. The van der Waals surface area contributed by atoms with Gasteiger partial charge in [0.2, 0.25) is 0 Å². The molecule has 2 unspecified atom stereocenters. The van der Waals surface area contributed by atoms with Gasteiger partial charge in [-0.25, -0.2) is 4.39 Å². The topological polar surface area (TPSA) is 36.4 Å². The highest BCUT2D eigenvalue weighted by Gasteiger charge is 2.15. The summed E-state index contributed by atoms with van der Waals surface area (Å²) in [7, 11) is 0. The minimum atomic E-state index is -0.621. The van der Waals surface area contributed by atoms with E-state index in [2.05, 4.69) is 30.7 Å². The number of aromatic nitrogens is 1. The fourth-order valence-electron chi connectivity index (χ4n) is 2.19. The monoisotopic (exact) mass is 282 g/mol. The molecule has 0 bridgehead atoms. The van der Waals surface area contributed by atoms with Crippen LogP contribution in [0.1, 0.15) is 58.3 Å². The van der Waals surface area contributed by atoms with E-state index >= 15 is 0 Å². The van der Waals surface area contributed by atoms with Crippen LogP contribution in [-0.4, -0.2) is 34.1 Å². The van der Waals surface area contributed by atoms with Crippen LogP contribution in [0.2, 0.25) is 0 Å². The molecule has 1 heterocycles. The third-order valence-electron chi connectivity index (χ3n) is 3.79. The molecule has 3 nitrogen and oxygen atoms in total. The van der Waals surface area contributed by atoms with Crippen LogP contribution in [0.5, 0.6) is 0 Å². The molecule has 2 atom stereocenters. The average molecular weight is 282 g/mol. The number of hydrogen-bond donors (Lipinski definition) is 1. The first-order chi connectivity index (χ1) is 9.58. The van der Waals surface area contributed by atoms with Gasteiger partial charge in [0.15, 0.2) is 0 Å². The van der Waals surface area contributed by atoms with Crippen molar-refractivity contribution in [3.05, 3.63) is 29.8 Å². The summed E-state index contributed by atoms with van der Waals surface area (Å²) in [6, 6.07) is 3.42. The van der Waals surface area contributed by atoms with Crippen molar-refractivity contribution in [3.63, 3.8) is 0 Å². The minimum Gasteiger partial charge on any atom is -0.387 e. The van der Waals surface area contributed by atoms with Crippen molar-refractivity contribution in [2.45, 2.75) is 58.6 Å².